The van der Waals surface area contributed by atoms with Gasteiger partial charge in [-0.3, -0.25) is 0 Å². The number of benzene rings is 2. The van der Waals surface area contributed by atoms with Crippen molar-refractivity contribution in [2.75, 3.05) is 0 Å². The summed E-state index contributed by atoms with van der Waals surface area (Å²) in [5, 5.41) is 4.76. The van der Waals surface area contributed by atoms with Crippen molar-refractivity contribution in [1.82, 2.24) is 9.78 Å². The van der Waals surface area contributed by atoms with E-state index in [0.29, 0.717) is 16.3 Å². The fourth-order valence-corrected chi connectivity index (χ4v) is 2.30. The summed E-state index contributed by atoms with van der Waals surface area (Å²) >= 11 is 5.75. The second kappa shape index (κ2) is 5.68. The van der Waals surface area contributed by atoms with Crippen LogP contribution in [-0.2, 0) is 0 Å². The van der Waals surface area contributed by atoms with Gasteiger partial charge in [-0.15, -0.1) is 0 Å². The van der Waals surface area contributed by atoms with Crippen LogP contribution < -0.4 is 5.73 Å². The van der Waals surface area contributed by atoms with E-state index in [1.54, 1.807) is 29.1 Å². The van der Waals surface area contributed by atoms with Crippen molar-refractivity contribution in [2.24, 2.45) is 5.73 Å². The molecule has 3 nitrogen and oxygen atoms in total. The first-order chi connectivity index (χ1) is 10.1. The minimum atomic E-state index is -0.632. The van der Waals surface area contributed by atoms with Gasteiger partial charge in [-0.05, 0) is 30.3 Å². The van der Waals surface area contributed by atoms with E-state index in [2.05, 4.69) is 5.10 Å². The molecule has 1 heterocycles. The Hall–Kier alpha value is -2.17. The van der Waals surface area contributed by atoms with Crippen molar-refractivity contribution >= 4 is 11.6 Å². The van der Waals surface area contributed by atoms with Crippen LogP contribution in [-0.4, -0.2) is 9.78 Å². The number of hydrogen-bond donors (Lipinski definition) is 1. The lowest BCUT2D eigenvalue weighted by atomic mass is 10.0. The predicted octanol–water partition coefficient (Wildman–Crippen LogP) is 3.71. The molecule has 0 saturated carbocycles. The summed E-state index contributed by atoms with van der Waals surface area (Å²) in [4.78, 5) is 0. The molecule has 0 saturated heterocycles. The number of para-hydroxylation sites is 1. The van der Waals surface area contributed by atoms with E-state index in [1.807, 2.05) is 30.3 Å². The maximum atomic E-state index is 13.9. The Morgan fingerprint density at radius 3 is 2.57 bits per heavy atom. The largest absolute Gasteiger partial charge is 0.319 e. The monoisotopic (exact) mass is 301 g/mol. The molecule has 3 rings (SSSR count). The SMILES string of the molecule is NC(c1ccn(-c2ccccc2)n1)c1ccc(Cl)cc1F. The molecule has 1 atom stereocenters. The van der Waals surface area contributed by atoms with Gasteiger partial charge in [0.1, 0.15) is 5.82 Å². The van der Waals surface area contributed by atoms with Crippen molar-refractivity contribution in [3.05, 3.63) is 82.9 Å². The zero-order valence-electron chi connectivity index (χ0n) is 11.1. The smallest absolute Gasteiger partial charge is 0.129 e. The van der Waals surface area contributed by atoms with Crippen molar-refractivity contribution in [3.63, 3.8) is 0 Å². The van der Waals surface area contributed by atoms with E-state index in [-0.39, 0.29) is 0 Å². The topological polar surface area (TPSA) is 43.8 Å². The molecule has 0 aliphatic heterocycles. The Balaban J connectivity index is 1.92. The van der Waals surface area contributed by atoms with Crippen LogP contribution in [0.4, 0.5) is 4.39 Å². The Bertz CT molecular complexity index is 755. The molecule has 0 aliphatic rings. The van der Waals surface area contributed by atoms with E-state index in [1.165, 1.54) is 6.07 Å². The molecule has 0 radical (unpaired) electrons. The maximum Gasteiger partial charge on any atom is 0.129 e. The van der Waals surface area contributed by atoms with Crippen LogP contribution in [0.25, 0.3) is 5.69 Å². The van der Waals surface area contributed by atoms with Crippen LogP contribution >= 0.6 is 11.6 Å². The number of nitrogens with two attached hydrogens (primary N) is 1. The van der Waals surface area contributed by atoms with Gasteiger partial charge >= 0.3 is 0 Å². The third-order valence-corrected chi connectivity index (χ3v) is 3.48. The maximum absolute atomic E-state index is 13.9. The second-order valence-corrected chi connectivity index (χ2v) is 5.10. The van der Waals surface area contributed by atoms with Crippen LogP contribution in [0.5, 0.6) is 0 Å². The van der Waals surface area contributed by atoms with Gasteiger partial charge < -0.3 is 5.73 Å². The van der Waals surface area contributed by atoms with Gasteiger partial charge in [0.05, 0.1) is 17.4 Å². The number of hydrogen-bond acceptors (Lipinski definition) is 2. The third-order valence-electron chi connectivity index (χ3n) is 3.25. The van der Waals surface area contributed by atoms with Gasteiger partial charge in [-0.1, -0.05) is 35.9 Å². The standard InChI is InChI=1S/C16H13ClFN3/c17-11-6-7-13(14(18)10-11)16(19)15-8-9-21(20-15)12-4-2-1-3-5-12/h1-10,16H,19H2. The van der Waals surface area contributed by atoms with Crippen molar-refractivity contribution in [1.29, 1.82) is 0 Å². The molecular weight excluding hydrogens is 289 g/mol. The molecule has 21 heavy (non-hydrogen) atoms. The van der Waals surface area contributed by atoms with Crippen LogP contribution in [0.15, 0.2) is 60.8 Å². The average Bonchev–Trinajstić information content (AvgIpc) is 2.97. The molecular formula is C16H13ClFN3. The molecule has 0 amide bonds. The summed E-state index contributed by atoms with van der Waals surface area (Å²) in [7, 11) is 0. The first-order valence-electron chi connectivity index (χ1n) is 6.46. The quantitative estimate of drug-likeness (QED) is 0.801. The number of aromatic nitrogens is 2. The molecule has 3 aromatic rings. The van der Waals surface area contributed by atoms with E-state index in [0.717, 1.165) is 5.69 Å². The number of halogens is 2. The van der Waals surface area contributed by atoms with E-state index >= 15 is 0 Å². The number of rotatable bonds is 3. The van der Waals surface area contributed by atoms with Gasteiger partial charge in [0.25, 0.3) is 0 Å². The van der Waals surface area contributed by atoms with Crippen molar-refractivity contribution < 1.29 is 4.39 Å². The van der Waals surface area contributed by atoms with Crippen LogP contribution in [0, 0.1) is 5.82 Å². The van der Waals surface area contributed by atoms with Crippen molar-refractivity contribution in [3.8, 4) is 5.69 Å². The zero-order chi connectivity index (χ0) is 14.8. The average molecular weight is 302 g/mol. The van der Waals surface area contributed by atoms with Gasteiger partial charge in [-0.25, -0.2) is 9.07 Å². The summed E-state index contributed by atoms with van der Waals surface area (Å²) in [5.74, 6) is -0.427. The molecule has 1 unspecified atom stereocenters. The van der Waals surface area contributed by atoms with Gasteiger partial charge in [0.15, 0.2) is 0 Å². The van der Waals surface area contributed by atoms with Crippen molar-refractivity contribution in [2.45, 2.75) is 6.04 Å². The number of nitrogens with zero attached hydrogens (tertiary/aromatic N) is 2. The third kappa shape index (κ3) is 2.82. The summed E-state index contributed by atoms with van der Waals surface area (Å²) < 4.78 is 15.6. The minimum Gasteiger partial charge on any atom is -0.319 e. The lowest BCUT2D eigenvalue weighted by Gasteiger charge is -2.10. The Labute approximate surface area is 126 Å². The lowest BCUT2D eigenvalue weighted by molar-refractivity contribution is 0.596. The fraction of sp³-hybridized carbons (Fsp3) is 0.0625. The fourth-order valence-electron chi connectivity index (χ4n) is 2.14. The molecule has 2 aromatic carbocycles. The first kappa shape index (κ1) is 13.8. The summed E-state index contributed by atoms with van der Waals surface area (Å²) in [6, 6.07) is 15.3. The normalized spacial score (nSPS) is 12.3. The van der Waals surface area contributed by atoms with Gasteiger partial charge in [-0.2, -0.15) is 5.10 Å². The molecule has 5 heteroatoms. The highest BCUT2D eigenvalue weighted by molar-refractivity contribution is 6.30. The molecule has 0 spiro atoms. The highest BCUT2D eigenvalue weighted by Crippen LogP contribution is 2.24. The Kier molecular flexibility index (Phi) is 3.73. The highest BCUT2D eigenvalue weighted by atomic mass is 35.5. The minimum absolute atomic E-state index is 0.346. The van der Waals surface area contributed by atoms with Gasteiger partial charge in [0, 0.05) is 16.8 Å². The Morgan fingerprint density at radius 2 is 1.86 bits per heavy atom. The zero-order valence-corrected chi connectivity index (χ0v) is 11.8. The van der Waals surface area contributed by atoms with E-state index in [9.17, 15) is 4.39 Å². The lowest BCUT2D eigenvalue weighted by Crippen LogP contribution is -2.14. The van der Waals surface area contributed by atoms with E-state index < -0.39 is 11.9 Å². The Morgan fingerprint density at radius 1 is 1.10 bits per heavy atom. The van der Waals surface area contributed by atoms with Crippen LogP contribution in [0.3, 0.4) is 0 Å². The van der Waals surface area contributed by atoms with Crippen LogP contribution in [0.1, 0.15) is 17.3 Å². The molecule has 106 valence electrons. The summed E-state index contributed by atoms with van der Waals surface area (Å²) in [5.41, 5.74) is 7.99. The van der Waals surface area contributed by atoms with Gasteiger partial charge in [0.2, 0.25) is 0 Å². The molecule has 0 aliphatic carbocycles. The molecule has 2 N–H and O–H groups in total. The summed E-state index contributed by atoms with van der Waals surface area (Å²) in [6.45, 7) is 0. The second-order valence-electron chi connectivity index (χ2n) is 4.66. The highest BCUT2D eigenvalue weighted by Gasteiger charge is 2.16. The molecule has 0 bridgehead atoms. The first-order valence-corrected chi connectivity index (χ1v) is 6.84. The van der Waals surface area contributed by atoms with E-state index in [4.69, 9.17) is 17.3 Å². The summed E-state index contributed by atoms with van der Waals surface area (Å²) in [6.07, 6.45) is 1.80. The predicted molar refractivity (Wildman–Crippen MR) is 81.0 cm³/mol. The van der Waals surface area contributed by atoms with Crippen LogP contribution in [0.2, 0.25) is 5.02 Å². The molecule has 1 aromatic heterocycles. The molecule has 0 fully saturated rings.